The fourth-order valence-electron chi connectivity index (χ4n) is 18.5. The number of unbranched alkanes of at least 4 members (excludes halogenated alkanes) is 20. The van der Waals surface area contributed by atoms with Crippen LogP contribution in [0.25, 0.3) is 83.4 Å². The first-order valence-corrected chi connectivity index (χ1v) is 46.8. The average molecular weight is 1650 g/mol. The largest absolute Gasteiger partial charge is 0.494 e. The Kier molecular flexibility index (Phi) is 25.9. The molecule has 604 valence electrons. The first-order chi connectivity index (χ1) is 59.0. The van der Waals surface area contributed by atoms with Crippen LogP contribution >= 0.6 is 45.3 Å². The van der Waals surface area contributed by atoms with Crippen molar-refractivity contribution in [2.75, 3.05) is 26.4 Å². The van der Waals surface area contributed by atoms with Crippen molar-refractivity contribution in [3.63, 3.8) is 0 Å². The van der Waals surface area contributed by atoms with E-state index >= 15 is 9.59 Å². The fraction of sp³-hybridized carbons (Fsp3) is 0.321. The number of nitrogens with zero attached hydrogens (tertiary/aromatic N) is 4. The molecule has 16 rings (SSSR count). The maximum atomic E-state index is 15.4. The van der Waals surface area contributed by atoms with Crippen LogP contribution in [0.4, 0.5) is 0 Å². The van der Waals surface area contributed by atoms with Gasteiger partial charge in [0.25, 0.3) is 11.4 Å². The molecule has 10 nitrogen and oxygen atoms in total. The van der Waals surface area contributed by atoms with Crippen LogP contribution in [0, 0.1) is 35.8 Å². The summed E-state index contributed by atoms with van der Waals surface area (Å²) in [7, 11) is 0. The number of benzene rings is 8. The van der Waals surface area contributed by atoms with E-state index in [-0.39, 0.29) is 23.0 Å². The molecule has 4 aromatic heterocycles. The number of thiophene rings is 4. The minimum atomic E-state index is -1.02. The number of carbonyl (C=O) groups excluding carboxylic acids is 2. The average Bonchev–Trinajstić information content (AvgIpc) is 1.48. The molecule has 12 aromatic rings. The molecule has 0 amide bonds. The zero-order valence-corrected chi connectivity index (χ0v) is 72.4. The van der Waals surface area contributed by atoms with E-state index < -0.39 is 10.8 Å². The number of rotatable bonds is 38. The predicted octanol–water partition coefficient (Wildman–Crippen LogP) is 29.9. The number of allylic oxidation sites excluding steroid dienone is 6. The quantitative estimate of drug-likeness (QED) is 0.0162. The van der Waals surface area contributed by atoms with E-state index in [9.17, 15) is 10.5 Å². The molecule has 0 spiro atoms. The Morgan fingerprint density at radius 3 is 0.908 bits per heavy atom. The van der Waals surface area contributed by atoms with Crippen molar-refractivity contribution in [1.29, 1.82) is 10.5 Å². The highest BCUT2D eigenvalue weighted by Gasteiger charge is 2.55. The molecule has 8 aromatic carbocycles. The number of ether oxygens (including phenoxy) is 4. The van der Waals surface area contributed by atoms with Crippen LogP contribution in [0.1, 0.15) is 268 Å². The van der Waals surface area contributed by atoms with Gasteiger partial charge in [0.05, 0.1) is 91.4 Å². The van der Waals surface area contributed by atoms with Crippen LogP contribution in [-0.4, -0.2) is 38.0 Å². The lowest BCUT2D eigenvalue weighted by molar-refractivity contribution is 0.103. The zero-order chi connectivity index (χ0) is 82.7. The van der Waals surface area contributed by atoms with Crippen molar-refractivity contribution in [2.45, 2.75) is 193 Å². The third-order valence-electron chi connectivity index (χ3n) is 24.5. The SMILES string of the molecule is [C-]#[N+]/C(C#N)=C1\C(=C\c2cc3c(s2)-c2sc4c5c(sc4c2C3(c2ccc(OCCCCCCCC)cc2)c2ccc(OCCCCCCCC)cc2)-c2sc(/C=C3\C(=O)c4cc6ccccc6cc4\C3=C(\C#N)[N+]#[C-])cc2C5(c2ccc(OCCCCCCCC)cc2)c2ccc(OCCCCCCCC)cc2)C(=O)c2cc3ccccc3cc21. The minimum Gasteiger partial charge on any atom is -0.494 e. The monoisotopic (exact) mass is 1650 g/mol. The van der Waals surface area contributed by atoms with Gasteiger partial charge in [-0.1, -0.05) is 253 Å². The van der Waals surface area contributed by atoms with Gasteiger partial charge < -0.3 is 18.9 Å². The smallest absolute Gasteiger partial charge is 0.270 e. The van der Waals surface area contributed by atoms with Crippen LogP contribution in [0.2, 0.25) is 0 Å². The third-order valence-corrected chi connectivity index (χ3v) is 29.6. The van der Waals surface area contributed by atoms with Crippen molar-refractivity contribution in [3.8, 4) is 54.6 Å². The Morgan fingerprint density at radius 1 is 0.358 bits per heavy atom. The van der Waals surface area contributed by atoms with Gasteiger partial charge in [-0.05, 0) is 189 Å². The van der Waals surface area contributed by atoms with Crippen molar-refractivity contribution in [2.24, 2.45) is 0 Å². The summed E-state index contributed by atoms with van der Waals surface area (Å²) in [6.45, 7) is 28.3. The van der Waals surface area contributed by atoms with Gasteiger partial charge in [-0.2, -0.15) is 0 Å². The van der Waals surface area contributed by atoms with E-state index in [1.54, 1.807) is 22.7 Å². The van der Waals surface area contributed by atoms with E-state index in [0.717, 1.165) is 179 Å². The molecule has 0 bridgehead atoms. The highest BCUT2D eigenvalue weighted by molar-refractivity contribution is 7.34. The molecule has 0 unspecified atom stereocenters. The molecule has 4 aliphatic rings. The lowest BCUT2D eigenvalue weighted by atomic mass is 9.67. The molecular formula is C106H100N4O6S4. The second kappa shape index (κ2) is 37.6. The maximum Gasteiger partial charge on any atom is 0.270 e. The lowest BCUT2D eigenvalue weighted by Gasteiger charge is -2.34. The number of nitriles is 2. The van der Waals surface area contributed by atoms with Gasteiger partial charge in [-0.15, -0.1) is 45.3 Å². The number of carbonyl (C=O) groups is 2. The Balaban J connectivity index is 0.933. The second-order valence-electron chi connectivity index (χ2n) is 32.3. The summed E-state index contributed by atoms with van der Waals surface area (Å²) in [6, 6.07) is 67.6. The standard InChI is InChI=1S/C106H100N4O6S4/c1-7-11-15-19-23-31-55-113-77-47-39-73(40-48-77)105(74-41-49-78(50-42-74)114-56-32-24-20-16-12-8-2)89-65-81(63-87-93(91(67-107)109-5)83-59-69-35-27-29-37-71(69)61-85(83)97(87)111)117-99(89)101-95(105)103-104(119-101)96-102(120-103)100-90(66-82(118-100)64-88-94(92(68-108)110-6)84-60-70-36-28-30-38-72(70)62-86(84)98(88)112)106(96,75-43-51-79(52-44-75)115-57-33-25-21-17-13-9-3)76-45-53-80(54-46-76)116-58-34-26-22-18-14-10-4/h27-30,35-54,59-66H,7-26,31-34,55-58H2,1-4H3/b87-63-,88-64-,93-91-,94-92+. The van der Waals surface area contributed by atoms with Crippen LogP contribution in [0.5, 0.6) is 23.0 Å². The summed E-state index contributed by atoms with van der Waals surface area (Å²) in [5.41, 5.74) is 9.55. The topological polar surface area (TPSA) is 127 Å². The molecule has 14 heteroatoms. The number of hydrogen-bond acceptors (Lipinski definition) is 12. The predicted molar refractivity (Wildman–Crippen MR) is 496 cm³/mol. The Hall–Kier alpha value is -11.2. The van der Waals surface area contributed by atoms with Crippen molar-refractivity contribution < 1.29 is 28.5 Å². The summed E-state index contributed by atoms with van der Waals surface area (Å²) in [4.78, 5) is 44.3. The van der Waals surface area contributed by atoms with Crippen LogP contribution in [0.3, 0.4) is 0 Å². The van der Waals surface area contributed by atoms with Gasteiger partial charge in [0, 0.05) is 54.3 Å². The van der Waals surface area contributed by atoms with Crippen molar-refractivity contribution >= 4 is 111 Å². The van der Waals surface area contributed by atoms with E-state index in [4.69, 9.17) is 32.1 Å². The van der Waals surface area contributed by atoms with Gasteiger partial charge in [0.2, 0.25) is 0 Å². The minimum absolute atomic E-state index is 0.137. The van der Waals surface area contributed by atoms with Crippen LogP contribution < -0.4 is 18.9 Å². The molecular weight excluding hydrogens is 1550 g/mol. The highest BCUT2D eigenvalue weighted by Crippen LogP contribution is 2.71. The summed E-state index contributed by atoms with van der Waals surface area (Å²) in [5.74, 6) is 2.68. The van der Waals surface area contributed by atoms with Crippen molar-refractivity contribution in [1.82, 2.24) is 0 Å². The molecule has 0 saturated heterocycles. The van der Waals surface area contributed by atoms with Gasteiger partial charge in [0.1, 0.15) is 23.0 Å². The number of ketones is 2. The Bertz CT molecular complexity index is 5620. The number of Topliss-reactive ketones (excluding diaryl/α,β-unsaturated/α-hetero) is 2. The molecule has 120 heavy (non-hydrogen) atoms. The summed E-state index contributed by atoms with van der Waals surface area (Å²) in [5, 5.41) is 25.3. The number of fused-ring (bicyclic) bond motifs is 13. The fourth-order valence-corrected chi connectivity index (χ4v) is 24.2. The van der Waals surface area contributed by atoms with E-state index in [2.05, 4.69) is 159 Å². The number of hydrogen-bond donors (Lipinski definition) is 0. The normalized spacial score (nSPS) is 15.3. The molecule has 0 radical (unpaired) electrons. The maximum absolute atomic E-state index is 15.4. The second-order valence-corrected chi connectivity index (χ2v) is 36.5. The lowest BCUT2D eigenvalue weighted by Crippen LogP contribution is -2.28. The summed E-state index contributed by atoms with van der Waals surface area (Å²) >= 11 is 6.89. The third kappa shape index (κ3) is 15.8. The molecule has 0 N–H and O–H groups in total. The zero-order valence-electron chi connectivity index (χ0n) is 69.1. The first kappa shape index (κ1) is 82.5. The van der Waals surface area contributed by atoms with Gasteiger partial charge >= 0.3 is 0 Å². The molecule has 4 heterocycles. The van der Waals surface area contributed by atoms with Crippen LogP contribution in [-0.2, 0) is 10.8 Å². The summed E-state index contributed by atoms with van der Waals surface area (Å²) < 4.78 is 28.9. The van der Waals surface area contributed by atoms with Gasteiger partial charge in [0.15, 0.2) is 11.6 Å². The van der Waals surface area contributed by atoms with E-state index in [1.807, 2.05) is 108 Å². The van der Waals surface area contributed by atoms with E-state index in [0.29, 0.717) is 71.0 Å². The van der Waals surface area contributed by atoms with Crippen molar-refractivity contribution in [3.05, 3.63) is 304 Å². The molecule has 0 atom stereocenters. The summed E-state index contributed by atoms with van der Waals surface area (Å²) in [6.07, 6.45) is 31.4. The Labute approximate surface area is 722 Å². The van der Waals surface area contributed by atoms with Crippen LogP contribution in [0.15, 0.2) is 205 Å². The molecule has 0 aliphatic heterocycles. The van der Waals surface area contributed by atoms with Gasteiger partial charge in [-0.25, -0.2) is 20.2 Å². The van der Waals surface area contributed by atoms with Gasteiger partial charge in [-0.3, -0.25) is 9.59 Å². The first-order valence-electron chi connectivity index (χ1n) is 43.5. The molecule has 4 aliphatic carbocycles. The molecule has 0 fully saturated rings. The highest BCUT2D eigenvalue weighted by atomic mass is 32.1. The molecule has 0 saturated carbocycles. The van der Waals surface area contributed by atoms with E-state index in [1.165, 1.54) is 103 Å². The Morgan fingerprint density at radius 2 is 0.633 bits per heavy atom.